The summed E-state index contributed by atoms with van der Waals surface area (Å²) in [7, 11) is 3.35. The molecule has 1 fully saturated rings. The molecule has 4 rings (SSSR count). The highest BCUT2D eigenvalue weighted by molar-refractivity contribution is 7.19. The number of halogens is 3. The maximum Gasteiger partial charge on any atom is 0.277 e. The number of methoxy groups -OCH3 is 1. The molecule has 0 saturated carbocycles. The second-order valence-corrected chi connectivity index (χ2v) is 8.49. The number of amides is 1. The van der Waals surface area contributed by atoms with Gasteiger partial charge in [-0.2, -0.15) is 5.10 Å². The maximum atomic E-state index is 13.8. The number of carbonyl (C=O) groups excluding carboxylic acids is 1. The maximum absolute atomic E-state index is 13.8. The van der Waals surface area contributed by atoms with E-state index in [1.54, 1.807) is 20.4 Å². The highest BCUT2D eigenvalue weighted by atomic mass is 32.1. The number of hydrogen-bond acceptors (Lipinski definition) is 8. The first-order valence-corrected chi connectivity index (χ1v) is 11.1. The number of aromatic nitrogens is 3. The van der Waals surface area contributed by atoms with Crippen LogP contribution in [-0.2, 0) is 16.5 Å². The van der Waals surface area contributed by atoms with Crippen molar-refractivity contribution in [2.45, 2.75) is 25.0 Å². The van der Waals surface area contributed by atoms with E-state index >= 15 is 0 Å². The topological polar surface area (TPSA) is 130 Å². The molecule has 5 N–H and O–H groups in total. The average Bonchev–Trinajstić information content (AvgIpc) is 3.31. The Labute approximate surface area is 197 Å². The van der Waals surface area contributed by atoms with Crippen LogP contribution in [0.15, 0.2) is 24.5 Å². The molecule has 9 nitrogen and oxygen atoms in total. The molecule has 184 valence electrons. The van der Waals surface area contributed by atoms with E-state index in [-0.39, 0.29) is 27.8 Å². The summed E-state index contributed by atoms with van der Waals surface area (Å²) >= 11 is 0.687. The third-order valence-corrected chi connectivity index (χ3v) is 5.88. The van der Waals surface area contributed by atoms with E-state index in [2.05, 4.69) is 15.4 Å². The third-order valence-electron chi connectivity index (χ3n) is 4.98. The normalized spacial score (nSPS) is 18.1. The van der Waals surface area contributed by atoms with Gasteiger partial charge in [-0.05, 0) is 25.0 Å². The van der Waals surface area contributed by atoms with Crippen molar-refractivity contribution in [1.82, 2.24) is 14.8 Å². The van der Waals surface area contributed by atoms with E-state index < -0.39 is 28.9 Å². The van der Waals surface area contributed by atoms with Crippen LogP contribution in [0, 0.1) is 17.5 Å². The van der Waals surface area contributed by atoms with Crippen molar-refractivity contribution in [3.8, 4) is 10.6 Å². The molecule has 2 aromatic heterocycles. The van der Waals surface area contributed by atoms with Crippen LogP contribution in [0.25, 0.3) is 10.6 Å². The van der Waals surface area contributed by atoms with Gasteiger partial charge in [0.05, 0.1) is 30.2 Å². The first-order valence-electron chi connectivity index (χ1n) is 10.3. The largest absolute Gasteiger partial charge is 0.389 e. The van der Waals surface area contributed by atoms with Crippen LogP contribution in [0.3, 0.4) is 0 Å². The first-order chi connectivity index (χ1) is 16.2. The number of nitrogens with zero attached hydrogens (tertiary/aromatic N) is 3. The van der Waals surface area contributed by atoms with E-state index in [1.165, 1.54) is 10.9 Å². The van der Waals surface area contributed by atoms with Gasteiger partial charge in [0.1, 0.15) is 15.8 Å². The summed E-state index contributed by atoms with van der Waals surface area (Å²) in [5, 5.41) is 6.12. The molecular weight excluding hydrogens is 473 g/mol. The fourth-order valence-electron chi connectivity index (χ4n) is 3.17. The number of carbonyl (C=O) groups is 1. The van der Waals surface area contributed by atoms with Gasteiger partial charge in [0, 0.05) is 33.0 Å². The molecule has 2 unspecified atom stereocenters. The van der Waals surface area contributed by atoms with Gasteiger partial charge in [0.2, 0.25) is 0 Å². The number of nitrogen functional groups attached to an aromatic ring is 1. The molecule has 0 radical (unpaired) electrons. The fraction of sp³-hybridized carbons (Fsp3) is 0.381. The molecular formula is C21H25F3N6O3S. The zero-order valence-electron chi connectivity index (χ0n) is 18.6. The number of hydrogen-bond donors (Lipinski definition) is 3. The van der Waals surface area contributed by atoms with Crippen molar-refractivity contribution in [2.24, 2.45) is 12.8 Å². The van der Waals surface area contributed by atoms with Crippen molar-refractivity contribution < 1.29 is 27.4 Å². The predicted molar refractivity (Wildman–Crippen MR) is 122 cm³/mol. The van der Waals surface area contributed by atoms with E-state index in [9.17, 15) is 18.0 Å². The van der Waals surface area contributed by atoms with Crippen molar-refractivity contribution in [3.63, 3.8) is 0 Å². The van der Waals surface area contributed by atoms with Crippen molar-refractivity contribution in [2.75, 3.05) is 31.4 Å². The molecule has 2 atom stereocenters. The Balaban J connectivity index is 0.000000271. The van der Waals surface area contributed by atoms with Gasteiger partial charge in [-0.25, -0.2) is 18.2 Å². The number of nitrogens with one attached hydrogen (secondary N) is 1. The van der Waals surface area contributed by atoms with E-state index in [0.717, 1.165) is 25.5 Å². The summed E-state index contributed by atoms with van der Waals surface area (Å²) in [6.45, 7) is 1.48. The third kappa shape index (κ3) is 6.11. The molecule has 1 aromatic carbocycles. The molecule has 1 aliphatic rings. The number of aryl methyl sites for hydroxylation is 1. The van der Waals surface area contributed by atoms with E-state index in [4.69, 9.17) is 20.9 Å². The average molecular weight is 499 g/mol. The molecule has 34 heavy (non-hydrogen) atoms. The lowest BCUT2D eigenvalue weighted by Gasteiger charge is -2.17. The van der Waals surface area contributed by atoms with Gasteiger partial charge in [-0.1, -0.05) is 11.3 Å². The number of rotatable bonds is 4. The minimum Gasteiger partial charge on any atom is -0.389 e. The lowest BCUT2D eigenvalue weighted by Crippen LogP contribution is -2.37. The Morgan fingerprint density at radius 2 is 2.06 bits per heavy atom. The SMILES string of the molecule is COC1COCCCC1N.Cn1cc(NC(=O)c2nc(-c3c(F)ccc(F)c3F)sc2N)cn1. The summed E-state index contributed by atoms with van der Waals surface area (Å²) in [6.07, 6.45) is 5.13. The quantitative estimate of drug-likeness (QED) is 0.472. The second-order valence-electron chi connectivity index (χ2n) is 7.46. The Bertz CT molecular complexity index is 1140. The molecule has 0 aliphatic carbocycles. The zero-order chi connectivity index (χ0) is 24.8. The highest BCUT2D eigenvalue weighted by Crippen LogP contribution is 2.34. The van der Waals surface area contributed by atoms with Gasteiger partial charge >= 0.3 is 0 Å². The second kappa shape index (κ2) is 11.4. The lowest BCUT2D eigenvalue weighted by atomic mass is 10.1. The van der Waals surface area contributed by atoms with Crippen molar-refractivity contribution in [3.05, 3.63) is 47.7 Å². The van der Waals surface area contributed by atoms with Gasteiger partial charge in [-0.15, -0.1) is 0 Å². The van der Waals surface area contributed by atoms with E-state index in [1.807, 2.05) is 0 Å². The van der Waals surface area contributed by atoms with Crippen LogP contribution < -0.4 is 16.8 Å². The van der Waals surface area contributed by atoms with E-state index in [0.29, 0.717) is 29.7 Å². The Kier molecular flexibility index (Phi) is 8.61. The summed E-state index contributed by atoms with van der Waals surface area (Å²) in [6, 6.07) is 1.61. The minimum absolute atomic E-state index is 0.0468. The van der Waals surface area contributed by atoms with Gasteiger partial charge in [0.25, 0.3) is 5.91 Å². The van der Waals surface area contributed by atoms with Crippen LogP contribution in [0.4, 0.5) is 23.9 Å². The van der Waals surface area contributed by atoms with Gasteiger partial charge < -0.3 is 26.3 Å². The van der Waals surface area contributed by atoms with Crippen LogP contribution in [-0.4, -0.2) is 53.1 Å². The summed E-state index contributed by atoms with van der Waals surface area (Å²) in [5.41, 5.74) is 11.0. The van der Waals surface area contributed by atoms with Crippen molar-refractivity contribution in [1.29, 1.82) is 0 Å². The summed E-state index contributed by atoms with van der Waals surface area (Å²) in [5.74, 6) is -4.27. The first kappa shape index (κ1) is 25.6. The molecule has 1 aliphatic heterocycles. The monoisotopic (exact) mass is 498 g/mol. The standard InChI is InChI=1S/C14H10F3N5OS.C7H15NO2/c1-22-5-6(4-19-22)20-13(23)11-12(18)24-14(21-11)9-7(15)2-3-8(16)10(9)17;1-9-7-5-10-4-2-3-6(7)8/h2-5H,18H2,1H3,(H,20,23);6-7H,2-5,8H2,1H3. The highest BCUT2D eigenvalue weighted by Gasteiger charge is 2.23. The Morgan fingerprint density at radius 1 is 1.32 bits per heavy atom. The lowest BCUT2D eigenvalue weighted by molar-refractivity contribution is 0.0122. The Hall–Kier alpha value is -3.00. The number of benzene rings is 1. The molecule has 0 bridgehead atoms. The zero-order valence-corrected chi connectivity index (χ0v) is 19.4. The van der Waals surface area contributed by atoms with Crippen LogP contribution >= 0.6 is 11.3 Å². The summed E-state index contributed by atoms with van der Waals surface area (Å²) in [4.78, 5) is 16.0. The fourth-order valence-corrected chi connectivity index (χ4v) is 4.04. The van der Waals surface area contributed by atoms with Crippen LogP contribution in [0.2, 0.25) is 0 Å². The van der Waals surface area contributed by atoms with Gasteiger partial charge in [0.15, 0.2) is 17.3 Å². The minimum atomic E-state index is -1.39. The molecule has 1 amide bonds. The predicted octanol–water partition coefficient (Wildman–Crippen LogP) is 2.93. The van der Waals surface area contributed by atoms with Gasteiger partial charge in [-0.3, -0.25) is 9.48 Å². The van der Waals surface area contributed by atoms with Crippen LogP contribution in [0.5, 0.6) is 0 Å². The number of ether oxygens (including phenoxy) is 2. The molecule has 1 saturated heterocycles. The smallest absolute Gasteiger partial charge is 0.277 e. The van der Waals surface area contributed by atoms with Crippen LogP contribution in [0.1, 0.15) is 23.3 Å². The molecule has 3 heterocycles. The van der Waals surface area contributed by atoms with Crippen molar-refractivity contribution >= 4 is 27.9 Å². The molecule has 3 aromatic rings. The number of anilines is 2. The number of nitrogens with two attached hydrogens (primary N) is 2. The molecule has 13 heteroatoms. The molecule has 0 spiro atoms. The Morgan fingerprint density at radius 3 is 2.74 bits per heavy atom. The summed E-state index contributed by atoms with van der Waals surface area (Å²) < 4.78 is 52.8. The number of thiazole rings is 1.